The number of piperidine rings is 1. The number of hydrogen-bond acceptors (Lipinski definition) is 5. The topological polar surface area (TPSA) is 59.1 Å². The molecular formula is C32H41ClN2O4. The first-order valence-electron chi connectivity index (χ1n) is 14.8. The van der Waals surface area contributed by atoms with Gasteiger partial charge in [0.25, 0.3) is 11.7 Å². The van der Waals surface area contributed by atoms with Gasteiger partial charge in [0.05, 0.1) is 10.6 Å². The molecule has 1 saturated heterocycles. The molecule has 6 rings (SSSR count). The van der Waals surface area contributed by atoms with Crippen LogP contribution in [0.3, 0.4) is 0 Å². The molecular weight excluding hydrogens is 512 g/mol. The van der Waals surface area contributed by atoms with E-state index < -0.39 is 5.79 Å². The Kier molecular flexibility index (Phi) is 7.08. The van der Waals surface area contributed by atoms with Gasteiger partial charge >= 0.3 is 0 Å². The van der Waals surface area contributed by atoms with Crippen molar-refractivity contribution >= 4 is 23.3 Å². The van der Waals surface area contributed by atoms with Crippen LogP contribution >= 0.6 is 11.6 Å². The van der Waals surface area contributed by atoms with E-state index in [1.165, 1.54) is 45.2 Å². The maximum atomic E-state index is 13.8. The number of likely N-dealkylation sites (tertiary alicyclic amines) is 1. The zero-order valence-corrected chi connectivity index (χ0v) is 24.6. The summed E-state index contributed by atoms with van der Waals surface area (Å²) >= 11 is 6.95. The summed E-state index contributed by atoms with van der Waals surface area (Å²) < 4.78 is 13.2. The Morgan fingerprint density at radius 3 is 2.36 bits per heavy atom. The molecule has 2 fully saturated rings. The van der Waals surface area contributed by atoms with Crippen LogP contribution < -0.4 is 9.47 Å². The first kappa shape index (κ1) is 26.9. The van der Waals surface area contributed by atoms with Crippen molar-refractivity contribution < 1.29 is 19.1 Å². The van der Waals surface area contributed by atoms with Crippen LogP contribution in [0, 0.1) is 12.8 Å². The summed E-state index contributed by atoms with van der Waals surface area (Å²) in [6, 6.07) is 0.671. The number of hydrogen-bond donors (Lipinski definition) is 0. The molecule has 6 nitrogen and oxygen atoms in total. The Balaban J connectivity index is 1.21. The van der Waals surface area contributed by atoms with Crippen molar-refractivity contribution in [3.63, 3.8) is 0 Å². The zero-order valence-electron chi connectivity index (χ0n) is 23.8. The van der Waals surface area contributed by atoms with E-state index in [2.05, 4.69) is 11.0 Å². The van der Waals surface area contributed by atoms with Crippen molar-refractivity contribution in [3.8, 4) is 11.5 Å². The quantitative estimate of drug-likeness (QED) is 0.432. The third-order valence-corrected chi connectivity index (χ3v) is 10.2. The largest absolute Gasteiger partial charge is 0.448 e. The predicted octanol–water partition coefficient (Wildman–Crippen LogP) is 6.41. The highest BCUT2D eigenvalue weighted by Crippen LogP contribution is 2.54. The Morgan fingerprint density at radius 1 is 0.974 bits per heavy atom. The number of allylic oxidation sites excluding steroid dienone is 3. The van der Waals surface area contributed by atoms with Gasteiger partial charge in [-0.1, -0.05) is 29.7 Å². The molecule has 0 bridgehead atoms. The minimum Gasteiger partial charge on any atom is -0.448 e. The van der Waals surface area contributed by atoms with Crippen LogP contribution in [-0.2, 0) is 11.2 Å². The van der Waals surface area contributed by atoms with Gasteiger partial charge in [-0.25, -0.2) is 0 Å². The minimum atomic E-state index is -0.781. The van der Waals surface area contributed by atoms with Crippen molar-refractivity contribution in [3.05, 3.63) is 44.5 Å². The van der Waals surface area contributed by atoms with Crippen LogP contribution in [-0.4, -0.2) is 59.5 Å². The van der Waals surface area contributed by atoms with E-state index >= 15 is 0 Å². The van der Waals surface area contributed by atoms with E-state index in [0.717, 1.165) is 40.7 Å². The third kappa shape index (κ3) is 4.72. The highest BCUT2D eigenvalue weighted by molar-refractivity contribution is 6.34. The highest BCUT2D eigenvalue weighted by Gasteiger charge is 2.49. The van der Waals surface area contributed by atoms with Crippen LogP contribution in [0.15, 0.2) is 22.8 Å². The SMILES string of the molecule is CC1=CC(C)=C(CN2CCc3c(Cl)c4c(c(C)c3C2=O)OC(C)(C2CCC(N3CCCCC3)CC2)O4)C(=O)C1. The monoisotopic (exact) mass is 552 g/mol. The lowest BCUT2D eigenvalue weighted by Gasteiger charge is -2.42. The molecule has 1 aromatic carbocycles. The second kappa shape index (κ2) is 10.3. The Bertz CT molecular complexity index is 1270. The lowest BCUT2D eigenvalue weighted by Crippen LogP contribution is -2.48. The smallest absolute Gasteiger partial charge is 0.254 e. The molecule has 1 aromatic rings. The van der Waals surface area contributed by atoms with Gasteiger partial charge in [0.15, 0.2) is 17.3 Å². The molecule has 0 N–H and O–H groups in total. The van der Waals surface area contributed by atoms with Gasteiger partial charge < -0.3 is 19.3 Å². The number of nitrogens with zero attached hydrogens (tertiary/aromatic N) is 2. The van der Waals surface area contributed by atoms with Crippen molar-refractivity contribution in [2.75, 3.05) is 26.2 Å². The molecule has 39 heavy (non-hydrogen) atoms. The number of amides is 1. The van der Waals surface area contributed by atoms with Crippen LogP contribution in [0.25, 0.3) is 0 Å². The number of ketones is 1. The summed E-state index contributed by atoms with van der Waals surface area (Å²) in [4.78, 5) is 31.0. The average Bonchev–Trinajstić information content (AvgIpc) is 3.30. The van der Waals surface area contributed by atoms with E-state index in [4.69, 9.17) is 21.1 Å². The molecule has 7 heteroatoms. The second-order valence-electron chi connectivity index (χ2n) is 12.5. The fourth-order valence-corrected chi connectivity index (χ4v) is 7.90. The molecule has 1 saturated carbocycles. The third-order valence-electron chi connectivity index (χ3n) is 9.84. The standard InChI is InChI=1S/C32H41ClN2O4/c1-19-16-20(2)25(26(36)17-19)18-35-15-12-24-27(31(35)37)21(3)29-30(28(24)33)39-32(4,38-29)22-8-10-23(11-9-22)34-13-6-5-7-14-34/h16,22-23H,5-15,17-18H2,1-4H3. The van der Waals surface area contributed by atoms with Gasteiger partial charge in [-0.3, -0.25) is 9.59 Å². The van der Waals surface area contributed by atoms with Crippen molar-refractivity contribution in [2.45, 2.75) is 97.3 Å². The molecule has 5 aliphatic rings. The lowest BCUT2D eigenvalue weighted by atomic mass is 9.80. The molecule has 210 valence electrons. The number of rotatable bonds is 4. The van der Waals surface area contributed by atoms with E-state index in [1.807, 2.05) is 27.7 Å². The lowest BCUT2D eigenvalue weighted by molar-refractivity contribution is -0.124. The zero-order chi connectivity index (χ0) is 27.5. The van der Waals surface area contributed by atoms with Crippen molar-refractivity contribution in [1.29, 1.82) is 0 Å². The normalized spacial score (nSPS) is 29.6. The number of halogens is 1. The van der Waals surface area contributed by atoms with E-state index in [9.17, 15) is 9.59 Å². The Labute approximate surface area is 237 Å². The minimum absolute atomic E-state index is 0.0860. The second-order valence-corrected chi connectivity index (χ2v) is 12.9. The van der Waals surface area contributed by atoms with Gasteiger partial charge in [0, 0.05) is 49.5 Å². The number of ether oxygens (including phenoxy) is 2. The van der Waals surface area contributed by atoms with Gasteiger partial charge in [-0.15, -0.1) is 0 Å². The van der Waals surface area contributed by atoms with E-state index in [-0.39, 0.29) is 17.6 Å². The molecule has 3 heterocycles. The van der Waals surface area contributed by atoms with Gasteiger partial charge in [0.1, 0.15) is 0 Å². The number of benzene rings is 1. The highest BCUT2D eigenvalue weighted by atomic mass is 35.5. The Hall–Kier alpha value is -2.31. The fraction of sp³-hybridized carbons (Fsp3) is 0.625. The molecule has 1 unspecified atom stereocenters. The average molecular weight is 553 g/mol. The summed E-state index contributed by atoms with van der Waals surface area (Å²) in [6.07, 6.45) is 11.6. The molecule has 0 spiro atoms. The summed E-state index contributed by atoms with van der Waals surface area (Å²) in [5.74, 6) is 0.717. The first-order chi connectivity index (χ1) is 18.7. The summed E-state index contributed by atoms with van der Waals surface area (Å²) in [6.45, 7) is 11.2. The van der Waals surface area contributed by atoms with Gasteiger partial charge in [-0.05, 0) is 89.9 Å². The maximum Gasteiger partial charge on any atom is 0.254 e. The number of Topliss-reactive ketones (excluding diaryl/α,β-unsaturated/α-hetero) is 1. The molecule has 2 aliphatic carbocycles. The predicted molar refractivity (Wildman–Crippen MR) is 153 cm³/mol. The Morgan fingerprint density at radius 2 is 1.67 bits per heavy atom. The maximum absolute atomic E-state index is 13.8. The van der Waals surface area contributed by atoms with E-state index in [1.54, 1.807) is 4.90 Å². The van der Waals surface area contributed by atoms with Crippen molar-refractivity contribution in [2.24, 2.45) is 5.92 Å². The molecule has 0 radical (unpaired) electrons. The molecule has 1 atom stereocenters. The summed E-state index contributed by atoms with van der Waals surface area (Å²) in [7, 11) is 0. The molecule has 1 amide bonds. The molecule has 3 aliphatic heterocycles. The molecule has 0 aromatic heterocycles. The van der Waals surface area contributed by atoms with Crippen LogP contribution in [0.4, 0.5) is 0 Å². The number of carbonyl (C=O) groups excluding carboxylic acids is 2. The van der Waals surface area contributed by atoms with Gasteiger partial charge in [0.2, 0.25) is 0 Å². The first-order valence-corrected chi connectivity index (χ1v) is 15.2. The van der Waals surface area contributed by atoms with Crippen molar-refractivity contribution in [1.82, 2.24) is 9.80 Å². The number of carbonyl (C=O) groups is 2. The summed E-state index contributed by atoms with van der Waals surface area (Å²) in [5.41, 5.74) is 4.99. The van der Waals surface area contributed by atoms with Crippen LogP contribution in [0.2, 0.25) is 5.02 Å². The number of fused-ring (bicyclic) bond motifs is 2. The fourth-order valence-electron chi connectivity index (χ4n) is 7.59. The summed E-state index contributed by atoms with van der Waals surface area (Å²) in [5, 5.41) is 0.507. The van der Waals surface area contributed by atoms with Crippen LogP contribution in [0.5, 0.6) is 11.5 Å². The van der Waals surface area contributed by atoms with E-state index in [0.29, 0.717) is 54.1 Å². The van der Waals surface area contributed by atoms with Gasteiger partial charge in [-0.2, -0.15) is 0 Å². The van der Waals surface area contributed by atoms with Crippen LogP contribution in [0.1, 0.15) is 93.6 Å².